The summed E-state index contributed by atoms with van der Waals surface area (Å²) in [4.78, 5) is 1.42. The number of hydrogen-bond acceptors (Lipinski definition) is 2. The van der Waals surface area contributed by atoms with E-state index in [1.54, 1.807) is 0 Å². The third-order valence-electron chi connectivity index (χ3n) is 4.05. The zero-order valence-electron chi connectivity index (χ0n) is 11.8. The molecule has 0 fully saturated rings. The van der Waals surface area contributed by atoms with E-state index in [2.05, 4.69) is 57.6 Å². The van der Waals surface area contributed by atoms with Crippen molar-refractivity contribution in [3.05, 3.63) is 63.1 Å². The molecule has 2 aromatic rings. The van der Waals surface area contributed by atoms with Gasteiger partial charge in [-0.15, -0.1) is 11.8 Å². The van der Waals surface area contributed by atoms with E-state index >= 15 is 0 Å². The summed E-state index contributed by atoms with van der Waals surface area (Å²) in [6, 6.07) is 15.3. The van der Waals surface area contributed by atoms with Crippen LogP contribution >= 0.6 is 39.3 Å². The maximum Gasteiger partial charge on any atom is 0.0449 e. The average molecular weight is 383 g/mol. The van der Waals surface area contributed by atoms with Crippen molar-refractivity contribution in [3.8, 4) is 0 Å². The zero-order valence-corrected chi connectivity index (χ0v) is 14.9. The molecule has 0 aliphatic carbocycles. The molecular formula is C17H17BrClNS. The molecule has 2 atom stereocenters. The van der Waals surface area contributed by atoms with E-state index in [0.29, 0.717) is 12.0 Å². The second-order valence-electron chi connectivity index (χ2n) is 5.29. The van der Waals surface area contributed by atoms with Gasteiger partial charge in [0.15, 0.2) is 0 Å². The molecule has 0 spiro atoms. The van der Waals surface area contributed by atoms with Crippen LogP contribution in [0, 0.1) is 0 Å². The van der Waals surface area contributed by atoms with E-state index in [0.717, 1.165) is 21.7 Å². The number of halogens is 2. The fourth-order valence-electron chi connectivity index (χ4n) is 2.89. The molecule has 1 heterocycles. The SMILES string of the molecule is CNC(Cc1ccc(Br)cc1Cl)C1CSc2ccccc21. The Morgan fingerprint density at radius 1 is 1.33 bits per heavy atom. The quantitative estimate of drug-likeness (QED) is 0.787. The highest BCUT2D eigenvalue weighted by Crippen LogP contribution is 2.41. The number of hydrogen-bond donors (Lipinski definition) is 1. The summed E-state index contributed by atoms with van der Waals surface area (Å²) in [6.45, 7) is 0. The van der Waals surface area contributed by atoms with Crippen molar-refractivity contribution in [3.63, 3.8) is 0 Å². The molecule has 21 heavy (non-hydrogen) atoms. The van der Waals surface area contributed by atoms with Crippen molar-refractivity contribution in [2.75, 3.05) is 12.8 Å². The van der Waals surface area contributed by atoms with Crippen molar-refractivity contribution in [1.29, 1.82) is 0 Å². The van der Waals surface area contributed by atoms with Crippen LogP contribution < -0.4 is 5.32 Å². The Morgan fingerprint density at radius 2 is 2.14 bits per heavy atom. The fourth-order valence-corrected chi connectivity index (χ4v) is 4.97. The number of likely N-dealkylation sites (N-methyl/N-ethyl adjacent to an activating group) is 1. The number of rotatable bonds is 4. The minimum Gasteiger partial charge on any atom is -0.316 e. The molecule has 0 aromatic heterocycles. The first kappa shape index (κ1) is 15.4. The van der Waals surface area contributed by atoms with Crippen LogP contribution in [0.2, 0.25) is 5.02 Å². The lowest BCUT2D eigenvalue weighted by Crippen LogP contribution is -2.34. The predicted molar refractivity (Wildman–Crippen MR) is 95.6 cm³/mol. The minimum atomic E-state index is 0.403. The molecule has 1 aliphatic rings. The Bertz CT molecular complexity index is 646. The summed E-state index contributed by atoms with van der Waals surface area (Å²) in [5, 5.41) is 4.33. The summed E-state index contributed by atoms with van der Waals surface area (Å²) < 4.78 is 1.03. The third-order valence-corrected chi connectivity index (χ3v) is 6.10. The molecule has 2 aromatic carbocycles. The minimum absolute atomic E-state index is 0.403. The van der Waals surface area contributed by atoms with Crippen LogP contribution in [-0.2, 0) is 6.42 Å². The summed E-state index contributed by atoms with van der Waals surface area (Å²) in [6.07, 6.45) is 0.947. The van der Waals surface area contributed by atoms with E-state index in [1.807, 2.05) is 24.9 Å². The van der Waals surface area contributed by atoms with Crippen LogP contribution in [0.15, 0.2) is 51.8 Å². The first-order valence-corrected chi connectivity index (χ1v) is 9.17. The topological polar surface area (TPSA) is 12.0 Å². The largest absolute Gasteiger partial charge is 0.316 e. The summed E-state index contributed by atoms with van der Waals surface area (Å²) in [7, 11) is 2.04. The highest BCUT2D eigenvalue weighted by molar-refractivity contribution is 9.10. The molecule has 0 bridgehead atoms. The number of fused-ring (bicyclic) bond motifs is 1. The number of thioether (sulfide) groups is 1. The molecule has 4 heteroatoms. The normalized spacial score (nSPS) is 18.5. The fraction of sp³-hybridized carbons (Fsp3) is 0.294. The van der Waals surface area contributed by atoms with Gasteiger partial charge in [0.1, 0.15) is 0 Å². The van der Waals surface area contributed by atoms with Crippen LogP contribution in [0.3, 0.4) is 0 Å². The van der Waals surface area contributed by atoms with Crippen LogP contribution in [0.4, 0.5) is 0 Å². The molecule has 110 valence electrons. The molecule has 3 rings (SSSR count). The lowest BCUT2D eigenvalue weighted by Gasteiger charge is -2.24. The van der Waals surface area contributed by atoms with Gasteiger partial charge in [-0.25, -0.2) is 0 Å². The molecule has 2 unspecified atom stereocenters. The van der Waals surface area contributed by atoms with Crippen LogP contribution in [0.5, 0.6) is 0 Å². The van der Waals surface area contributed by atoms with Gasteiger partial charge in [-0.3, -0.25) is 0 Å². The maximum atomic E-state index is 6.37. The number of benzene rings is 2. The predicted octanol–water partition coefficient (Wildman–Crippen LogP) is 5.12. The Hall–Kier alpha value is -0.480. The van der Waals surface area contributed by atoms with Crippen molar-refractivity contribution in [2.45, 2.75) is 23.3 Å². The third kappa shape index (κ3) is 3.31. The van der Waals surface area contributed by atoms with Crippen LogP contribution in [0.1, 0.15) is 17.0 Å². The van der Waals surface area contributed by atoms with Gasteiger partial charge in [0.2, 0.25) is 0 Å². The lowest BCUT2D eigenvalue weighted by molar-refractivity contribution is 0.489. The van der Waals surface area contributed by atoms with Crippen LogP contribution in [-0.4, -0.2) is 18.8 Å². The van der Waals surface area contributed by atoms with Gasteiger partial charge in [-0.1, -0.05) is 51.8 Å². The smallest absolute Gasteiger partial charge is 0.0449 e. The zero-order chi connectivity index (χ0) is 14.8. The molecule has 0 saturated carbocycles. The van der Waals surface area contributed by atoms with E-state index in [9.17, 15) is 0 Å². The summed E-state index contributed by atoms with van der Waals surface area (Å²) in [5.74, 6) is 1.68. The van der Waals surface area contributed by atoms with Gasteiger partial charge in [-0.2, -0.15) is 0 Å². The standard InChI is InChI=1S/C17H17BrClNS/c1-20-16(8-11-6-7-12(18)9-15(11)19)14-10-21-17-5-3-2-4-13(14)17/h2-7,9,14,16,20H,8,10H2,1H3. The van der Waals surface area contributed by atoms with Gasteiger partial charge in [-0.05, 0) is 42.8 Å². The van der Waals surface area contributed by atoms with Gasteiger partial charge >= 0.3 is 0 Å². The summed E-state index contributed by atoms with van der Waals surface area (Å²) >= 11 is 11.8. The van der Waals surface area contributed by atoms with Gasteiger partial charge in [0, 0.05) is 32.1 Å². The molecular weight excluding hydrogens is 366 g/mol. The average Bonchev–Trinajstić information content (AvgIpc) is 2.91. The molecule has 0 amide bonds. The van der Waals surface area contributed by atoms with Crippen molar-refractivity contribution < 1.29 is 0 Å². The van der Waals surface area contributed by atoms with Gasteiger partial charge in [0.25, 0.3) is 0 Å². The lowest BCUT2D eigenvalue weighted by atomic mass is 9.89. The van der Waals surface area contributed by atoms with E-state index in [-0.39, 0.29) is 0 Å². The van der Waals surface area contributed by atoms with E-state index < -0.39 is 0 Å². The first-order chi connectivity index (χ1) is 10.2. The molecule has 0 radical (unpaired) electrons. The Labute approximate surface area is 143 Å². The first-order valence-electron chi connectivity index (χ1n) is 7.02. The molecule has 1 nitrogen and oxygen atoms in total. The second kappa shape index (κ2) is 6.74. The highest BCUT2D eigenvalue weighted by Gasteiger charge is 2.29. The maximum absolute atomic E-state index is 6.37. The van der Waals surface area contributed by atoms with Gasteiger partial charge < -0.3 is 5.32 Å². The molecule has 1 N–H and O–H groups in total. The van der Waals surface area contributed by atoms with E-state index in [4.69, 9.17) is 11.6 Å². The Morgan fingerprint density at radius 3 is 2.90 bits per heavy atom. The van der Waals surface area contributed by atoms with Crippen molar-refractivity contribution >= 4 is 39.3 Å². The molecule has 1 aliphatic heterocycles. The van der Waals surface area contributed by atoms with Gasteiger partial charge in [0.05, 0.1) is 0 Å². The molecule has 0 saturated heterocycles. The van der Waals surface area contributed by atoms with Crippen LogP contribution in [0.25, 0.3) is 0 Å². The second-order valence-corrected chi connectivity index (χ2v) is 7.68. The van der Waals surface area contributed by atoms with E-state index in [1.165, 1.54) is 16.0 Å². The van der Waals surface area contributed by atoms with Crippen molar-refractivity contribution in [2.24, 2.45) is 0 Å². The monoisotopic (exact) mass is 381 g/mol. The van der Waals surface area contributed by atoms with Crippen molar-refractivity contribution in [1.82, 2.24) is 5.32 Å². The Balaban J connectivity index is 1.83. The number of nitrogens with one attached hydrogen (secondary N) is 1. The Kier molecular flexibility index (Phi) is 4.95. The highest BCUT2D eigenvalue weighted by atomic mass is 79.9. The summed E-state index contributed by atoms with van der Waals surface area (Å²) in [5.41, 5.74) is 2.67.